The van der Waals surface area contributed by atoms with Crippen molar-refractivity contribution in [2.75, 3.05) is 19.7 Å². The fourth-order valence-corrected chi connectivity index (χ4v) is 3.55. The molecule has 4 N–H and O–H groups in total. The number of nitrogens with one attached hydrogen (secondary N) is 2. The van der Waals surface area contributed by atoms with Crippen molar-refractivity contribution in [1.29, 1.82) is 0 Å². The monoisotopic (exact) mass is 354 g/mol. The average Bonchev–Trinajstić information content (AvgIpc) is 2.72. The average molecular weight is 354 g/mol. The van der Waals surface area contributed by atoms with E-state index in [0.717, 1.165) is 31.5 Å². The first-order valence-corrected chi connectivity index (χ1v) is 9.15. The van der Waals surface area contributed by atoms with Crippen molar-refractivity contribution >= 4 is 5.91 Å². The summed E-state index contributed by atoms with van der Waals surface area (Å²) in [7, 11) is 0. The molecule has 0 saturated carbocycles. The molecule has 5 nitrogen and oxygen atoms in total. The summed E-state index contributed by atoms with van der Waals surface area (Å²) in [5.41, 5.74) is 2.33. The Morgan fingerprint density at radius 3 is 2.42 bits per heavy atom. The van der Waals surface area contributed by atoms with Crippen LogP contribution in [0.3, 0.4) is 0 Å². The molecule has 0 aliphatic carbocycles. The molecule has 3 rings (SSSR count). The zero-order valence-corrected chi connectivity index (χ0v) is 14.8. The summed E-state index contributed by atoms with van der Waals surface area (Å²) in [6, 6.07) is 15.9. The summed E-state index contributed by atoms with van der Waals surface area (Å²) < 4.78 is 0. The Balaban J connectivity index is 1.76. The number of carbonyl (C=O) groups is 1. The maximum Gasteiger partial charge on any atom is 0.251 e. The SMILES string of the molecule is O=C(N[C@@H](CO)[C@H](O)c1ccccc1)c1ccccc1C1CCNCC1. The van der Waals surface area contributed by atoms with Crippen molar-refractivity contribution < 1.29 is 15.0 Å². The zero-order chi connectivity index (χ0) is 18.4. The Bertz CT molecular complexity index is 714. The number of piperidine rings is 1. The summed E-state index contributed by atoms with van der Waals surface area (Å²) in [5.74, 6) is 0.0954. The van der Waals surface area contributed by atoms with E-state index in [1.165, 1.54) is 0 Å². The van der Waals surface area contributed by atoms with Crippen molar-refractivity contribution in [2.24, 2.45) is 0 Å². The quantitative estimate of drug-likeness (QED) is 0.639. The third-order valence-electron chi connectivity index (χ3n) is 5.02. The standard InChI is InChI=1S/C21H26N2O3/c24-14-19(20(25)16-6-2-1-3-7-16)23-21(26)18-9-5-4-8-17(18)15-10-12-22-13-11-15/h1-9,15,19-20,22,24-25H,10-14H2,(H,23,26)/t19-,20+/m0/s1. The molecular formula is C21H26N2O3. The van der Waals surface area contributed by atoms with Crippen LogP contribution >= 0.6 is 0 Å². The second-order valence-corrected chi connectivity index (χ2v) is 6.73. The molecule has 2 atom stereocenters. The van der Waals surface area contributed by atoms with Crippen LogP contribution in [0.1, 0.15) is 46.3 Å². The molecule has 0 aromatic heterocycles. The topological polar surface area (TPSA) is 81.6 Å². The number of hydrogen-bond donors (Lipinski definition) is 4. The molecule has 0 spiro atoms. The largest absolute Gasteiger partial charge is 0.394 e. The van der Waals surface area contributed by atoms with E-state index in [4.69, 9.17) is 0 Å². The van der Waals surface area contributed by atoms with Crippen LogP contribution in [0.5, 0.6) is 0 Å². The van der Waals surface area contributed by atoms with Crippen LogP contribution in [0, 0.1) is 0 Å². The minimum Gasteiger partial charge on any atom is -0.394 e. The lowest BCUT2D eigenvalue weighted by Crippen LogP contribution is -2.42. The van der Waals surface area contributed by atoms with Gasteiger partial charge in [0.05, 0.1) is 12.6 Å². The molecule has 1 heterocycles. The normalized spacial score (nSPS) is 17.5. The van der Waals surface area contributed by atoms with Gasteiger partial charge in [-0.1, -0.05) is 48.5 Å². The maximum absolute atomic E-state index is 12.9. The Morgan fingerprint density at radius 1 is 1.08 bits per heavy atom. The van der Waals surface area contributed by atoms with Crippen LogP contribution in [0.15, 0.2) is 54.6 Å². The zero-order valence-electron chi connectivity index (χ0n) is 14.8. The summed E-state index contributed by atoms with van der Waals surface area (Å²) in [5, 5.41) is 26.3. The molecule has 2 aromatic carbocycles. The minimum atomic E-state index is -0.962. The van der Waals surface area contributed by atoms with Gasteiger partial charge in [-0.2, -0.15) is 0 Å². The van der Waals surface area contributed by atoms with Crippen LogP contribution in [0.25, 0.3) is 0 Å². The van der Waals surface area contributed by atoms with Crippen LogP contribution in [-0.4, -0.2) is 41.9 Å². The number of benzene rings is 2. The van der Waals surface area contributed by atoms with Gasteiger partial charge in [-0.05, 0) is 49.0 Å². The summed E-state index contributed by atoms with van der Waals surface area (Å²) in [6.07, 6.45) is 1.04. The van der Waals surface area contributed by atoms with Gasteiger partial charge in [-0.3, -0.25) is 4.79 Å². The van der Waals surface area contributed by atoms with Gasteiger partial charge >= 0.3 is 0 Å². The fraction of sp³-hybridized carbons (Fsp3) is 0.381. The highest BCUT2D eigenvalue weighted by atomic mass is 16.3. The van der Waals surface area contributed by atoms with E-state index < -0.39 is 12.1 Å². The van der Waals surface area contributed by atoms with Crippen LogP contribution in [-0.2, 0) is 0 Å². The third-order valence-corrected chi connectivity index (χ3v) is 5.02. The Morgan fingerprint density at radius 2 is 1.73 bits per heavy atom. The Hall–Kier alpha value is -2.21. The molecule has 1 fully saturated rings. The van der Waals surface area contributed by atoms with E-state index in [2.05, 4.69) is 10.6 Å². The molecule has 1 amide bonds. The molecule has 5 heteroatoms. The molecule has 0 radical (unpaired) electrons. The van der Waals surface area contributed by atoms with Crippen molar-refractivity contribution in [3.8, 4) is 0 Å². The van der Waals surface area contributed by atoms with Crippen LogP contribution < -0.4 is 10.6 Å². The second kappa shape index (κ2) is 8.94. The summed E-state index contributed by atoms with van der Waals surface area (Å²) >= 11 is 0. The van der Waals surface area contributed by atoms with E-state index >= 15 is 0 Å². The maximum atomic E-state index is 12.9. The molecule has 1 saturated heterocycles. The number of hydrogen-bond acceptors (Lipinski definition) is 4. The predicted molar refractivity (Wildman–Crippen MR) is 101 cm³/mol. The van der Waals surface area contributed by atoms with Crippen molar-refractivity contribution in [3.05, 3.63) is 71.3 Å². The van der Waals surface area contributed by atoms with Crippen LogP contribution in [0.4, 0.5) is 0 Å². The number of aliphatic hydroxyl groups is 2. The predicted octanol–water partition coefficient (Wildman–Crippen LogP) is 1.98. The molecule has 26 heavy (non-hydrogen) atoms. The highest BCUT2D eigenvalue weighted by molar-refractivity contribution is 5.96. The molecule has 1 aliphatic heterocycles. The van der Waals surface area contributed by atoms with E-state index in [1.54, 1.807) is 12.1 Å². The lowest BCUT2D eigenvalue weighted by Gasteiger charge is -2.26. The van der Waals surface area contributed by atoms with Gasteiger partial charge in [0.2, 0.25) is 0 Å². The van der Waals surface area contributed by atoms with Gasteiger partial charge in [-0.25, -0.2) is 0 Å². The summed E-state index contributed by atoms with van der Waals surface area (Å²) in [4.78, 5) is 12.9. The van der Waals surface area contributed by atoms with E-state index in [-0.39, 0.29) is 12.5 Å². The van der Waals surface area contributed by atoms with Gasteiger partial charge in [-0.15, -0.1) is 0 Å². The van der Waals surface area contributed by atoms with Gasteiger partial charge in [0.25, 0.3) is 5.91 Å². The van der Waals surface area contributed by atoms with Crippen molar-refractivity contribution in [3.63, 3.8) is 0 Å². The fourth-order valence-electron chi connectivity index (χ4n) is 3.55. The van der Waals surface area contributed by atoms with E-state index in [1.807, 2.05) is 42.5 Å². The number of amides is 1. The molecule has 1 aliphatic rings. The molecular weight excluding hydrogens is 328 g/mol. The first kappa shape index (κ1) is 18.6. The number of carbonyl (C=O) groups excluding carboxylic acids is 1. The van der Waals surface area contributed by atoms with Gasteiger partial charge in [0.1, 0.15) is 6.10 Å². The number of rotatable bonds is 6. The molecule has 2 aromatic rings. The lowest BCUT2D eigenvalue weighted by molar-refractivity contribution is 0.0702. The smallest absolute Gasteiger partial charge is 0.251 e. The van der Waals surface area contributed by atoms with Gasteiger partial charge < -0.3 is 20.8 Å². The molecule has 0 unspecified atom stereocenters. The molecule has 0 bridgehead atoms. The first-order chi connectivity index (χ1) is 12.7. The van der Waals surface area contributed by atoms with Gasteiger partial charge in [0.15, 0.2) is 0 Å². The Kier molecular flexibility index (Phi) is 6.39. The van der Waals surface area contributed by atoms with Crippen molar-refractivity contribution in [2.45, 2.75) is 30.9 Å². The third kappa shape index (κ3) is 4.30. The van der Waals surface area contributed by atoms with Crippen LogP contribution in [0.2, 0.25) is 0 Å². The number of aliphatic hydroxyl groups excluding tert-OH is 2. The van der Waals surface area contributed by atoms with Gasteiger partial charge in [0, 0.05) is 5.56 Å². The Labute approximate surface area is 154 Å². The summed E-state index contributed by atoms with van der Waals surface area (Å²) in [6.45, 7) is 1.57. The minimum absolute atomic E-state index is 0.256. The van der Waals surface area contributed by atoms with Crippen molar-refractivity contribution in [1.82, 2.24) is 10.6 Å². The van der Waals surface area contributed by atoms with E-state index in [0.29, 0.717) is 17.0 Å². The molecule has 138 valence electrons. The lowest BCUT2D eigenvalue weighted by atomic mass is 9.87. The second-order valence-electron chi connectivity index (χ2n) is 6.73. The van der Waals surface area contributed by atoms with E-state index in [9.17, 15) is 15.0 Å². The highest BCUT2D eigenvalue weighted by Crippen LogP contribution is 2.28. The first-order valence-electron chi connectivity index (χ1n) is 9.15. The highest BCUT2D eigenvalue weighted by Gasteiger charge is 2.25.